The number of hydrogen-bond donors (Lipinski definition) is 0. The Morgan fingerprint density at radius 3 is 2.42 bits per heavy atom. The number of halogens is 1. The van der Waals surface area contributed by atoms with Crippen LogP contribution >= 0.6 is 15.9 Å². The van der Waals surface area contributed by atoms with Crippen LogP contribution in [0.1, 0.15) is 16.1 Å². The molecule has 0 saturated carbocycles. The predicted octanol–water partition coefficient (Wildman–Crippen LogP) is 4.23. The Balaban J connectivity index is 2.15. The van der Waals surface area contributed by atoms with Crippen LogP contribution in [0.2, 0.25) is 0 Å². The van der Waals surface area contributed by atoms with Crippen molar-refractivity contribution in [3.63, 3.8) is 0 Å². The van der Waals surface area contributed by atoms with Crippen LogP contribution in [-0.4, -0.2) is 10.8 Å². The summed E-state index contributed by atoms with van der Waals surface area (Å²) in [6.45, 7) is 0. The number of benzene rings is 2. The first-order valence-corrected chi connectivity index (χ1v) is 6.70. The van der Waals surface area contributed by atoms with E-state index in [-0.39, 0.29) is 5.78 Å². The highest BCUT2D eigenvalue weighted by Gasteiger charge is 2.14. The molecule has 3 aromatic rings. The highest BCUT2D eigenvalue weighted by atomic mass is 79.9. The molecule has 3 heteroatoms. The quantitative estimate of drug-likeness (QED) is 0.663. The Kier molecular flexibility index (Phi) is 3.13. The van der Waals surface area contributed by atoms with Gasteiger partial charge in [0.15, 0.2) is 0 Å². The summed E-state index contributed by atoms with van der Waals surface area (Å²) in [6, 6.07) is 18.9. The minimum atomic E-state index is -0.0711. The van der Waals surface area contributed by atoms with Gasteiger partial charge in [0.05, 0.1) is 5.52 Å². The van der Waals surface area contributed by atoms with Gasteiger partial charge in [-0.3, -0.25) is 4.79 Å². The van der Waals surface area contributed by atoms with E-state index >= 15 is 0 Å². The summed E-state index contributed by atoms with van der Waals surface area (Å²) in [5.41, 5.74) is 1.92. The molecule has 0 atom stereocenters. The van der Waals surface area contributed by atoms with Crippen LogP contribution in [0.5, 0.6) is 0 Å². The number of rotatable bonds is 2. The topological polar surface area (TPSA) is 30.0 Å². The molecule has 19 heavy (non-hydrogen) atoms. The summed E-state index contributed by atoms with van der Waals surface area (Å²) < 4.78 is 0.722. The molecule has 0 saturated heterocycles. The van der Waals surface area contributed by atoms with E-state index in [4.69, 9.17) is 0 Å². The summed E-state index contributed by atoms with van der Waals surface area (Å²) >= 11 is 3.43. The SMILES string of the molecule is O=C(c1ccccc1)c1nc2ccccc2cc1Br. The second-order valence-electron chi connectivity index (χ2n) is 4.21. The van der Waals surface area contributed by atoms with E-state index in [1.807, 2.05) is 48.5 Å². The zero-order valence-corrected chi connectivity index (χ0v) is 11.6. The maximum absolute atomic E-state index is 12.4. The Hall–Kier alpha value is -2.00. The predicted molar refractivity (Wildman–Crippen MR) is 79.3 cm³/mol. The highest BCUT2D eigenvalue weighted by molar-refractivity contribution is 9.10. The van der Waals surface area contributed by atoms with Crippen molar-refractivity contribution in [3.05, 3.63) is 76.4 Å². The lowest BCUT2D eigenvalue weighted by Crippen LogP contribution is -2.05. The van der Waals surface area contributed by atoms with Gasteiger partial charge in [-0.05, 0) is 28.1 Å². The largest absolute Gasteiger partial charge is 0.287 e. The molecular formula is C16H10BrNO. The third-order valence-electron chi connectivity index (χ3n) is 2.93. The smallest absolute Gasteiger partial charge is 0.212 e. The number of carbonyl (C=O) groups is 1. The van der Waals surface area contributed by atoms with Gasteiger partial charge >= 0.3 is 0 Å². The lowest BCUT2D eigenvalue weighted by molar-refractivity contribution is 0.103. The number of para-hydroxylation sites is 1. The fourth-order valence-electron chi connectivity index (χ4n) is 1.98. The molecule has 0 unspecified atom stereocenters. The van der Waals surface area contributed by atoms with Gasteiger partial charge in [0.2, 0.25) is 5.78 Å². The molecule has 0 aliphatic heterocycles. The molecule has 0 fully saturated rings. The summed E-state index contributed by atoms with van der Waals surface area (Å²) in [5, 5.41) is 1.01. The molecular weight excluding hydrogens is 302 g/mol. The summed E-state index contributed by atoms with van der Waals surface area (Å²) in [4.78, 5) is 16.9. The average Bonchev–Trinajstić information content (AvgIpc) is 2.47. The Morgan fingerprint density at radius 1 is 0.947 bits per heavy atom. The molecule has 0 amide bonds. The molecule has 0 radical (unpaired) electrons. The lowest BCUT2D eigenvalue weighted by atomic mass is 10.1. The molecule has 1 heterocycles. The number of aromatic nitrogens is 1. The van der Waals surface area contributed by atoms with E-state index in [2.05, 4.69) is 20.9 Å². The first-order chi connectivity index (χ1) is 9.25. The van der Waals surface area contributed by atoms with Gasteiger partial charge in [0.25, 0.3) is 0 Å². The van der Waals surface area contributed by atoms with E-state index in [1.54, 1.807) is 12.1 Å². The van der Waals surface area contributed by atoms with Gasteiger partial charge in [0, 0.05) is 15.4 Å². The lowest BCUT2D eigenvalue weighted by Gasteiger charge is -2.05. The van der Waals surface area contributed by atoms with Crippen molar-refractivity contribution in [1.82, 2.24) is 4.98 Å². The van der Waals surface area contributed by atoms with Crippen LogP contribution in [0.4, 0.5) is 0 Å². The Bertz CT molecular complexity index is 753. The molecule has 2 aromatic carbocycles. The molecule has 1 aromatic heterocycles. The van der Waals surface area contributed by atoms with Gasteiger partial charge < -0.3 is 0 Å². The molecule has 92 valence electrons. The minimum Gasteiger partial charge on any atom is -0.287 e. The number of carbonyl (C=O) groups excluding carboxylic acids is 1. The first kappa shape index (κ1) is 12.1. The number of fused-ring (bicyclic) bond motifs is 1. The van der Waals surface area contributed by atoms with Gasteiger partial charge in [-0.25, -0.2) is 4.98 Å². The number of hydrogen-bond acceptors (Lipinski definition) is 2. The van der Waals surface area contributed by atoms with Crippen molar-refractivity contribution in [2.75, 3.05) is 0 Å². The summed E-state index contributed by atoms with van der Waals surface area (Å²) in [6.07, 6.45) is 0. The molecule has 0 aliphatic carbocycles. The van der Waals surface area contributed by atoms with Gasteiger partial charge in [-0.15, -0.1) is 0 Å². The molecule has 2 nitrogen and oxygen atoms in total. The van der Waals surface area contributed by atoms with Gasteiger partial charge in [-0.1, -0.05) is 48.5 Å². The monoisotopic (exact) mass is 311 g/mol. The van der Waals surface area contributed by atoms with Crippen molar-refractivity contribution in [2.45, 2.75) is 0 Å². The molecule has 3 rings (SSSR count). The van der Waals surface area contributed by atoms with E-state index in [1.165, 1.54) is 0 Å². The van der Waals surface area contributed by atoms with Crippen molar-refractivity contribution >= 4 is 32.6 Å². The van der Waals surface area contributed by atoms with Crippen molar-refractivity contribution in [1.29, 1.82) is 0 Å². The van der Waals surface area contributed by atoms with Crippen LogP contribution in [0.3, 0.4) is 0 Å². The zero-order valence-electron chi connectivity index (χ0n) is 10.0. The number of pyridine rings is 1. The molecule has 0 aliphatic rings. The van der Waals surface area contributed by atoms with E-state index < -0.39 is 0 Å². The van der Waals surface area contributed by atoms with E-state index in [9.17, 15) is 4.79 Å². The third kappa shape index (κ3) is 2.29. The summed E-state index contributed by atoms with van der Waals surface area (Å²) in [7, 11) is 0. The van der Waals surface area contributed by atoms with Crippen LogP contribution in [0.25, 0.3) is 10.9 Å². The van der Waals surface area contributed by atoms with Crippen LogP contribution in [0.15, 0.2) is 65.1 Å². The Labute approximate surface area is 119 Å². The maximum Gasteiger partial charge on any atom is 0.212 e. The van der Waals surface area contributed by atoms with Crippen molar-refractivity contribution in [2.24, 2.45) is 0 Å². The van der Waals surface area contributed by atoms with Crippen LogP contribution in [0, 0.1) is 0 Å². The third-order valence-corrected chi connectivity index (χ3v) is 3.53. The standard InChI is InChI=1S/C16H10BrNO/c17-13-10-12-8-4-5-9-14(12)18-15(13)16(19)11-6-2-1-3-7-11/h1-10H. The van der Waals surface area contributed by atoms with Crippen LogP contribution in [-0.2, 0) is 0 Å². The van der Waals surface area contributed by atoms with Crippen molar-refractivity contribution in [3.8, 4) is 0 Å². The fourth-order valence-corrected chi connectivity index (χ4v) is 2.49. The summed E-state index contributed by atoms with van der Waals surface area (Å²) in [5.74, 6) is -0.0711. The zero-order chi connectivity index (χ0) is 13.2. The average molecular weight is 312 g/mol. The number of nitrogens with zero attached hydrogens (tertiary/aromatic N) is 1. The second-order valence-corrected chi connectivity index (χ2v) is 5.06. The normalized spacial score (nSPS) is 10.6. The first-order valence-electron chi connectivity index (χ1n) is 5.91. The molecule has 0 bridgehead atoms. The van der Waals surface area contributed by atoms with Gasteiger partial charge in [0.1, 0.15) is 5.69 Å². The minimum absolute atomic E-state index is 0.0711. The number of ketones is 1. The second kappa shape index (κ2) is 4.94. The van der Waals surface area contributed by atoms with E-state index in [0.29, 0.717) is 11.3 Å². The van der Waals surface area contributed by atoms with Crippen molar-refractivity contribution < 1.29 is 4.79 Å². The Morgan fingerprint density at radius 2 is 1.63 bits per heavy atom. The molecule has 0 N–H and O–H groups in total. The molecule has 0 spiro atoms. The van der Waals surface area contributed by atoms with E-state index in [0.717, 1.165) is 15.4 Å². The fraction of sp³-hybridized carbons (Fsp3) is 0. The maximum atomic E-state index is 12.4. The van der Waals surface area contributed by atoms with Gasteiger partial charge in [-0.2, -0.15) is 0 Å². The highest BCUT2D eigenvalue weighted by Crippen LogP contribution is 2.23. The van der Waals surface area contributed by atoms with Crippen LogP contribution < -0.4 is 0 Å².